The Kier molecular flexibility index (Phi) is 2.85. The van der Waals surface area contributed by atoms with Crippen LogP contribution < -0.4 is 10.1 Å². The van der Waals surface area contributed by atoms with E-state index in [2.05, 4.69) is 15.5 Å². The zero-order valence-electron chi connectivity index (χ0n) is 10.8. The van der Waals surface area contributed by atoms with E-state index in [1.54, 1.807) is 18.1 Å². The highest BCUT2D eigenvalue weighted by Crippen LogP contribution is 2.38. The van der Waals surface area contributed by atoms with Gasteiger partial charge >= 0.3 is 6.03 Å². The molecule has 100 valence electrons. The summed E-state index contributed by atoms with van der Waals surface area (Å²) >= 11 is 0. The van der Waals surface area contributed by atoms with Gasteiger partial charge in [-0.25, -0.2) is 4.79 Å². The number of rotatable bonds is 2. The van der Waals surface area contributed by atoms with E-state index in [0.29, 0.717) is 13.1 Å². The molecule has 3 rings (SSSR count). The summed E-state index contributed by atoms with van der Waals surface area (Å²) in [6, 6.07) is 7.26. The van der Waals surface area contributed by atoms with E-state index in [1.165, 1.54) is 0 Å². The first-order valence-corrected chi connectivity index (χ1v) is 6.35. The highest BCUT2D eigenvalue weighted by atomic mass is 16.5. The van der Waals surface area contributed by atoms with Crippen molar-refractivity contribution in [3.8, 4) is 5.75 Å². The lowest BCUT2D eigenvalue weighted by Crippen LogP contribution is -2.43. The summed E-state index contributed by atoms with van der Waals surface area (Å²) in [4.78, 5) is 13.9. The van der Waals surface area contributed by atoms with Gasteiger partial charge in [-0.05, 0) is 12.1 Å². The number of hydrogen-bond donors (Lipinski definition) is 1. The van der Waals surface area contributed by atoms with Crippen molar-refractivity contribution in [2.45, 2.75) is 18.5 Å². The molecule has 2 amide bonds. The third-order valence-corrected chi connectivity index (χ3v) is 3.56. The van der Waals surface area contributed by atoms with Crippen LogP contribution >= 0.6 is 0 Å². The third kappa shape index (κ3) is 2.52. The van der Waals surface area contributed by atoms with Crippen molar-refractivity contribution in [2.24, 2.45) is 10.2 Å². The van der Waals surface area contributed by atoms with Gasteiger partial charge in [-0.3, -0.25) is 0 Å². The van der Waals surface area contributed by atoms with Gasteiger partial charge in [0.2, 0.25) is 0 Å². The number of likely N-dealkylation sites (tertiary alicyclic amines) is 1. The smallest absolute Gasteiger partial charge is 0.321 e. The lowest BCUT2D eigenvalue weighted by atomic mass is 10.0. The number of methoxy groups -OCH3 is 1. The average Bonchev–Trinajstić information content (AvgIpc) is 3.19. The molecule has 0 aliphatic carbocycles. The molecule has 2 aliphatic rings. The number of nitrogens with one attached hydrogen (secondary N) is 1. The van der Waals surface area contributed by atoms with Gasteiger partial charge in [-0.2, -0.15) is 10.2 Å². The maximum atomic E-state index is 12.1. The molecule has 2 heterocycles. The maximum absolute atomic E-state index is 12.1. The van der Waals surface area contributed by atoms with Gasteiger partial charge in [0.15, 0.2) is 5.66 Å². The minimum atomic E-state index is -0.146. The summed E-state index contributed by atoms with van der Waals surface area (Å²) in [7, 11) is 1.60. The van der Waals surface area contributed by atoms with Crippen molar-refractivity contribution in [1.82, 2.24) is 4.90 Å². The van der Waals surface area contributed by atoms with E-state index in [-0.39, 0.29) is 11.7 Å². The van der Waals surface area contributed by atoms with E-state index in [4.69, 9.17) is 4.74 Å². The van der Waals surface area contributed by atoms with Gasteiger partial charge in [0, 0.05) is 37.7 Å². The Morgan fingerprint density at radius 2 is 2.11 bits per heavy atom. The lowest BCUT2D eigenvalue weighted by Gasteiger charge is -2.29. The average molecular weight is 260 g/mol. The molecule has 0 saturated carbocycles. The van der Waals surface area contributed by atoms with E-state index in [0.717, 1.165) is 24.3 Å². The molecule has 0 unspecified atom stereocenters. The summed E-state index contributed by atoms with van der Waals surface area (Å²) in [6.45, 7) is 1.39. The van der Waals surface area contributed by atoms with Crippen molar-refractivity contribution < 1.29 is 9.53 Å². The molecule has 1 saturated heterocycles. The number of carbonyl (C=O) groups excluding carboxylic acids is 1. The van der Waals surface area contributed by atoms with Crippen molar-refractivity contribution in [3.63, 3.8) is 0 Å². The van der Waals surface area contributed by atoms with E-state index < -0.39 is 0 Å². The molecule has 19 heavy (non-hydrogen) atoms. The highest BCUT2D eigenvalue weighted by Gasteiger charge is 2.43. The predicted octanol–water partition coefficient (Wildman–Crippen LogP) is 2.49. The van der Waals surface area contributed by atoms with Crippen LogP contribution in [0.15, 0.2) is 34.5 Å². The Bertz CT molecular complexity index is 513. The van der Waals surface area contributed by atoms with E-state index in [9.17, 15) is 4.79 Å². The number of anilines is 1. The number of nitrogens with zero attached hydrogens (tertiary/aromatic N) is 3. The number of amides is 2. The zero-order valence-corrected chi connectivity index (χ0v) is 10.8. The maximum Gasteiger partial charge on any atom is 0.321 e. The molecule has 0 radical (unpaired) electrons. The summed E-state index contributed by atoms with van der Waals surface area (Å²) in [5.41, 5.74) is 0.595. The van der Waals surface area contributed by atoms with Gasteiger partial charge in [0.05, 0.1) is 7.11 Å². The highest BCUT2D eigenvalue weighted by molar-refractivity contribution is 5.89. The Balaban J connectivity index is 1.58. The SMILES string of the molecule is COc1cccc(NC(=O)N2CCC3(CC2)N=N3)c1. The standard InChI is InChI=1S/C13H16N4O2/c1-19-11-4-2-3-10(9-11)14-12(18)17-7-5-13(6-8-17)15-16-13/h2-4,9H,5-8H2,1H3,(H,14,18). The number of hydrogen-bond acceptors (Lipinski definition) is 4. The minimum absolute atomic E-state index is 0.0799. The van der Waals surface area contributed by atoms with Gasteiger partial charge in [0.25, 0.3) is 0 Å². The third-order valence-electron chi connectivity index (χ3n) is 3.56. The Morgan fingerprint density at radius 1 is 1.37 bits per heavy atom. The molecule has 1 N–H and O–H groups in total. The van der Waals surface area contributed by atoms with Crippen molar-refractivity contribution in [2.75, 3.05) is 25.5 Å². The van der Waals surface area contributed by atoms with Crippen LogP contribution in [-0.2, 0) is 0 Å². The first kappa shape index (κ1) is 12.0. The Morgan fingerprint density at radius 3 is 2.74 bits per heavy atom. The van der Waals surface area contributed by atoms with Crippen LogP contribution in [-0.4, -0.2) is 36.8 Å². The fraction of sp³-hybridized carbons (Fsp3) is 0.462. The minimum Gasteiger partial charge on any atom is -0.497 e. The number of urea groups is 1. The first-order valence-electron chi connectivity index (χ1n) is 6.35. The first-order chi connectivity index (χ1) is 9.21. The zero-order chi connectivity index (χ0) is 13.3. The number of benzene rings is 1. The van der Waals surface area contributed by atoms with Gasteiger partial charge in [-0.15, -0.1) is 0 Å². The number of ether oxygens (including phenoxy) is 1. The fourth-order valence-electron chi connectivity index (χ4n) is 2.24. The topological polar surface area (TPSA) is 66.3 Å². The van der Waals surface area contributed by atoms with Crippen LogP contribution in [0.4, 0.5) is 10.5 Å². The Hall–Kier alpha value is -2.11. The van der Waals surface area contributed by atoms with Gasteiger partial charge in [-0.1, -0.05) is 6.07 Å². The van der Waals surface area contributed by atoms with E-state index in [1.807, 2.05) is 18.2 Å². The summed E-state index contributed by atoms with van der Waals surface area (Å²) in [5, 5.41) is 11.0. The summed E-state index contributed by atoms with van der Waals surface area (Å²) in [6.07, 6.45) is 1.66. The summed E-state index contributed by atoms with van der Waals surface area (Å²) < 4.78 is 5.13. The second kappa shape index (κ2) is 4.53. The molecule has 0 aromatic heterocycles. The van der Waals surface area contributed by atoms with Gasteiger partial charge < -0.3 is 15.0 Å². The van der Waals surface area contributed by atoms with Gasteiger partial charge in [0.1, 0.15) is 5.75 Å². The monoisotopic (exact) mass is 260 g/mol. The Labute approximate surface area is 111 Å². The predicted molar refractivity (Wildman–Crippen MR) is 70.4 cm³/mol. The number of piperidine rings is 1. The molecule has 1 aromatic carbocycles. The molecule has 1 spiro atoms. The van der Waals surface area contributed by atoms with Crippen LogP contribution in [0.5, 0.6) is 5.75 Å². The fourth-order valence-corrected chi connectivity index (χ4v) is 2.24. The molecular formula is C13H16N4O2. The van der Waals surface area contributed by atoms with Crippen molar-refractivity contribution in [3.05, 3.63) is 24.3 Å². The lowest BCUT2D eigenvalue weighted by molar-refractivity contribution is 0.189. The molecule has 0 bridgehead atoms. The number of carbonyl (C=O) groups is 1. The largest absolute Gasteiger partial charge is 0.497 e. The molecule has 2 aliphatic heterocycles. The molecule has 0 atom stereocenters. The molecule has 1 fully saturated rings. The second-order valence-corrected chi connectivity index (χ2v) is 4.83. The molecule has 1 aromatic rings. The van der Waals surface area contributed by atoms with Crippen LogP contribution in [0.25, 0.3) is 0 Å². The van der Waals surface area contributed by atoms with Crippen LogP contribution in [0.2, 0.25) is 0 Å². The molecular weight excluding hydrogens is 244 g/mol. The van der Waals surface area contributed by atoms with Crippen LogP contribution in [0.3, 0.4) is 0 Å². The van der Waals surface area contributed by atoms with Crippen molar-refractivity contribution in [1.29, 1.82) is 0 Å². The normalized spacial score (nSPS) is 19.3. The van der Waals surface area contributed by atoms with Crippen LogP contribution in [0.1, 0.15) is 12.8 Å². The molecule has 6 heteroatoms. The quantitative estimate of drug-likeness (QED) is 0.887. The molecule has 6 nitrogen and oxygen atoms in total. The summed E-state index contributed by atoms with van der Waals surface area (Å²) in [5.74, 6) is 0.728. The van der Waals surface area contributed by atoms with Crippen LogP contribution in [0, 0.1) is 0 Å². The van der Waals surface area contributed by atoms with E-state index >= 15 is 0 Å². The van der Waals surface area contributed by atoms with Crippen molar-refractivity contribution >= 4 is 11.7 Å². The second-order valence-electron chi connectivity index (χ2n) is 4.83.